The molecule has 0 fully saturated rings. The summed E-state index contributed by atoms with van der Waals surface area (Å²) in [6.07, 6.45) is 1.03. The Balaban J connectivity index is 0. The van der Waals surface area contributed by atoms with Crippen molar-refractivity contribution in [3.63, 3.8) is 0 Å². The SMILES string of the molecule is Cl.Cl.NC[C@@H](N)Cc1ccc(O)cc1.N[C@@H](Cc1ccc(O)cc1)C(=O)O. The predicted molar refractivity (Wildman–Crippen MR) is 111 cm³/mol. The molecule has 7 nitrogen and oxygen atoms in total. The molecule has 0 saturated carbocycles. The third-order valence-electron chi connectivity index (χ3n) is 3.45. The van der Waals surface area contributed by atoms with Crippen LogP contribution in [0.1, 0.15) is 11.1 Å². The molecule has 152 valence electrons. The molecule has 0 saturated heterocycles. The van der Waals surface area contributed by atoms with E-state index < -0.39 is 12.0 Å². The Morgan fingerprint density at radius 1 is 0.815 bits per heavy atom. The molecule has 9 N–H and O–H groups in total. The van der Waals surface area contributed by atoms with Crippen LogP contribution in [0.15, 0.2) is 48.5 Å². The fourth-order valence-corrected chi connectivity index (χ4v) is 1.99. The Bertz CT molecular complexity index is 655. The zero-order valence-corrected chi connectivity index (χ0v) is 16.3. The van der Waals surface area contributed by atoms with Crippen LogP contribution in [-0.4, -0.2) is 39.9 Å². The van der Waals surface area contributed by atoms with E-state index in [-0.39, 0.29) is 48.8 Å². The van der Waals surface area contributed by atoms with Crippen molar-refractivity contribution in [2.24, 2.45) is 17.2 Å². The molecule has 2 aromatic carbocycles. The van der Waals surface area contributed by atoms with Gasteiger partial charge in [-0.3, -0.25) is 4.79 Å². The van der Waals surface area contributed by atoms with Crippen LogP contribution in [0.2, 0.25) is 0 Å². The van der Waals surface area contributed by atoms with Crippen LogP contribution in [-0.2, 0) is 17.6 Å². The maximum atomic E-state index is 10.4. The van der Waals surface area contributed by atoms with Crippen molar-refractivity contribution < 1.29 is 20.1 Å². The molecule has 0 unspecified atom stereocenters. The Morgan fingerprint density at radius 3 is 1.52 bits per heavy atom. The van der Waals surface area contributed by atoms with Gasteiger partial charge in [-0.15, -0.1) is 24.8 Å². The monoisotopic (exact) mass is 419 g/mol. The average molecular weight is 420 g/mol. The first kappa shape index (κ1) is 27.2. The largest absolute Gasteiger partial charge is 0.508 e. The van der Waals surface area contributed by atoms with Gasteiger partial charge in [0.1, 0.15) is 17.5 Å². The van der Waals surface area contributed by atoms with Crippen LogP contribution in [0.4, 0.5) is 0 Å². The van der Waals surface area contributed by atoms with Crippen LogP contribution in [0.3, 0.4) is 0 Å². The van der Waals surface area contributed by atoms with Gasteiger partial charge in [0, 0.05) is 12.6 Å². The summed E-state index contributed by atoms with van der Waals surface area (Å²) in [7, 11) is 0. The highest BCUT2D eigenvalue weighted by Crippen LogP contribution is 2.11. The average Bonchev–Trinajstić information content (AvgIpc) is 2.59. The number of rotatable bonds is 6. The summed E-state index contributed by atoms with van der Waals surface area (Å²) in [4.78, 5) is 10.4. The summed E-state index contributed by atoms with van der Waals surface area (Å²) in [5.74, 6) is -0.583. The van der Waals surface area contributed by atoms with Gasteiger partial charge in [-0.1, -0.05) is 24.3 Å². The molecule has 2 aromatic rings. The molecule has 0 aliphatic rings. The molecule has 0 spiro atoms. The molecule has 0 aliphatic carbocycles. The summed E-state index contributed by atoms with van der Waals surface area (Å²) < 4.78 is 0. The maximum Gasteiger partial charge on any atom is 0.320 e. The van der Waals surface area contributed by atoms with Crippen LogP contribution < -0.4 is 17.2 Å². The van der Waals surface area contributed by atoms with E-state index in [4.69, 9.17) is 32.5 Å². The number of carboxylic acid groups (broad SMARTS) is 1. The Labute approximate surface area is 171 Å². The topological polar surface area (TPSA) is 156 Å². The highest BCUT2D eigenvalue weighted by molar-refractivity contribution is 5.85. The number of phenolic OH excluding ortho intramolecular Hbond substituents is 2. The molecular weight excluding hydrogens is 393 g/mol. The first-order chi connectivity index (χ1) is 11.8. The minimum absolute atomic E-state index is 0. The number of nitrogens with two attached hydrogens (primary N) is 3. The molecule has 0 amide bonds. The lowest BCUT2D eigenvalue weighted by Gasteiger charge is -2.07. The quantitative estimate of drug-likeness (QED) is 0.413. The standard InChI is InChI=1S/C9H14N2O.C9H11NO3.2ClH/c10-6-8(11)5-7-1-3-9(12)4-2-7;10-8(9(12)13)5-6-1-3-7(11)4-2-6;;/h1-4,8,12H,5-6,10-11H2;1-4,8,11H,5,10H2,(H,12,13);2*1H/t2*8-;;/m00../s1. The second-order valence-electron chi connectivity index (χ2n) is 5.68. The second kappa shape index (κ2) is 14.1. The van der Waals surface area contributed by atoms with E-state index in [2.05, 4.69) is 0 Å². The summed E-state index contributed by atoms with van der Waals surface area (Å²) in [5.41, 5.74) is 18.3. The third kappa shape index (κ3) is 11.3. The molecule has 0 aromatic heterocycles. The number of aromatic hydroxyl groups is 2. The zero-order valence-electron chi connectivity index (χ0n) is 14.7. The number of hydrogen-bond acceptors (Lipinski definition) is 6. The minimum atomic E-state index is -1.02. The molecule has 0 radical (unpaired) electrons. The highest BCUT2D eigenvalue weighted by atomic mass is 35.5. The minimum Gasteiger partial charge on any atom is -0.508 e. The predicted octanol–water partition coefficient (Wildman–Crippen LogP) is 1.41. The first-order valence-corrected chi connectivity index (χ1v) is 7.81. The van der Waals surface area contributed by atoms with Crippen molar-refractivity contribution in [2.45, 2.75) is 24.9 Å². The van der Waals surface area contributed by atoms with Gasteiger partial charge in [0.15, 0.2) is 0 Å². The summed E-state index contributed by atoms with van der Waals surface area (Å²) in [5, 5.41) is 26.5. The van der Waals surface area contributed by atoms with Gasteiger partial charge in [0.25, 0.3) is 0 Å². The number of halogens is 2. The van der Waals surface area contributed by atoms with Gasteiger partial charge in [-0.05, 0) is 48.2 Å². The first-order valence-electron chi connectivity index (χ1n) is 7.81. The van der Waals surface area contributed by atoms with Crippen LogP contribution >= 0.6 is 24.8 Å². The van der Waals surface area contributed by atoms with E-state index in [9.17, 15) is 4.79 Å². The smallest absolute Gasteiger partial charge is 0.320 e. The van der Waals surface area contributed by atoms with Gasteiger partial charge >= 0.3 is 5.97 Å². The molecule has 2 atom stereocenters. The van der Waals surface area contributed by atoms with Gasteiger partial charge < -0.3 is 32.5 Å². The van der Waals surface area contributed by atoms with E-state index in [1.54, 1.807) is 24.3 Å². The van der Waals surface area contributed by atoms with E-state index in [1.165, 1.54) is 12.1 Å². The highest BCUT2D eigenvalue weighted by Gasteiger charge is 2.11. The number of hydrogen-bond donors (Lipinski definition) is 6. The molecule has 0 bridgehead atoms. The van der Waals surface area contributed by atoms with Crippen LogP contribution in [0, 0.1) is 0 Å². The number of carbonyl (C=O) groups is 1. The van der Waals surface area contributed by atoms with Crippen molar-refractivity contribution in [2.75, 3.05) is 6.54 Å². The third-order valence-corrected chi connectivity index (χ3v) is 3.45. The molecule has 2 rings (SSSR count). The fourth-order valence-electron chi connectivity index (χ4n) is 1.99. The second-order valence-corrected chi connectivity index (χ2v) is 5.68. The van der Waals surface area contributed by atoms with Crippen LogP contribution in [0.25, 0.3) is 0 Å². The summed E-state index contributed by atoms with van der Waals surface area (Å²) in [6, 6.07) is 12.4. The van der Waals surface area contributed by atoms with E-state index in [0.29, 0.717) is 6.54 Å². The molecule has 27 heavy (non-hydrogen) atoms. The number of carboxylic acids is 1. The van der Waals surface area contributed by atoms with Crippen molar-refractivity contribution in [3.05, 3.63) is 59.7 Å². The molecule has 9 heteroatoms. The summed E-state index contributed by atoms with van der Waals surface area (Å²) >= 11 is 0. The maximum absolute atomic E-state index is 10.4. The lowest BCUT2D eigenvalue weighted by Crippen LogP contribution is -2.32. The Kier molecular flexibility index (Phi) is 14.2. The van der Waals surface area contributed by atoms with Gasteiger partial charge in [-0.25, -0.2) is 0 Å². The normalized spacial score (nSPS) is 11.7. The van der Waals surface area contributed by atoms with Gasteiger partial charge in [-0.2, -0.15) is 0 Å². The lowest BCUT2D eigenvalue weighted by molar-refractivity contribution is -0.138. The number of aliphatic carboxylic acids is 1. The molecule has 0 heterocycles. The van der Waals surface area contributed by atoms with Crippen molar-refractivity contribution >= 4 is 30.8 Å². The Morgan fingerprint density at radius 2 is 1.19 bits per heavy atom. The van der Waals surface area contributed by atoms with Gasteiger partial charge in [0.2, 0.25) is 0 Å². The fraction of sp³-hybridized carbons (Fsp3) is 0.278. The zero-order chi connectivity index (χ0) is 18.8. The van der Waals surface area contributed by atoms with Crippen molar-refractivity contribution in [1.29, 1.82) is 0 Å². The van der Waals surface area contributed by atoms with Crippen molar-refractivity contribution in [3.8, 4) is 11.5 Å². The van der Waals surface area contributed by atoms with E-state index in [1.807, 2.05) is 12.1 Å². The van der Waals surface area contributed by atoms with Crippen molar-refractivity contribution in [1.82, 2.24) is 0 Å². The van der Waals surface area contributed by atoms with E-state index >= 15 is 0 Å². The van der Waals surface area contributed by atoms with Gasteiger partial charge in [0.05, 0.1) is 0 Å². The molecule has 0 aliphatic heterocycles. The Hall–Kier alpha value is -2.03. The lowest BCUT2D eigenvalue weighted by atomic mass is 10.1. The number of benzene rings is 2. The summed E-state index contributed by atoms with van der Waals surface area (Å²) in [6.45, 7) is 0.487. The molecular formula is C18H27Cl2N3O4. The van der Waals surface area contributed by atoms with E-state index in [0.717, 1.165) is 17.5 Å². The van der Waals surface area contributed by atoms with Crippen LogP contribution in [0.5, 0.6) is 11.5 Å². The number of phenols is 2.